The molecular formula is C29H46N4O6SSi. The van der Waals surface area contributed by atoms with Gasteiger partial charge in [0.1, 0.15) is 11.4 Å². The number of nitrogens with zero attached hydrogens (tertiary/aromatic N) is 4. The van der Waals surface area contributed by atoms with E-state index in [1.54, 1.807) is 0 Å². The molecule has 0 spiro atoms. The lowest BCUT2D eigenvalue weighted by molar-refractivity contribution is -0.0365. The molecule has 12 heteroatoms. The molecule has 3 aromatic rings. The minimum absolute atomic E-state index is 0.0873. The molecule has 0 radical (unpaired) electrons. The maximum absolute atomic E-state index is 10.8. The highest BCUT2D eigenvalue weighted by Gasteiger charge is 2.39. The van der Waals surface area contributed by atoms with Crippen molar-refractivity contribution >= 4 is 29.3 Å². The van der Waals surface area contributed by atoms with Crippen LogP contribution >= 0.6 is 0 Å². The third-order valence-electron chi connectivity index (χ3n) is 8.23. The highest BCUT2D eigenvalue weighted by Crippen LogP contribution is 2.40. The Kier molecular flexibility index (Phi) is 10.0. The lowest BCUT2D eigenvalue weighted by Gasteiger charge is -2.36. The van der Waals surface area contributed by atoms with Crippen LogP contribution in [0.1, 0.15) is 78.5 Å². The SMILES string of the molecule is C[C@H](CCOCCCCS(=O)(=O)O)n1cc(-c2nn(C3CCCCO3)c3ccc(O[Si](C)(C)C(C)(C)C)cc23)cn1. The number of benzene rings is 1. The first-order valence-electron chi connectivity index (χ1n) is 14.7. The summed E-state index contributed by atoms with van der Waals surface area (Å²) in [6.45, 7) is 15.1. The molecule has 1 unspecified atom stereocenters. The Morgan fingerprint density at radius 1 is 1.20 bits per heavy atom. The molecule has 4 rings (SSSR count). The molecule has 3 heterocycles. The number of fused-ring (bicyclic) bond motifs is 1. The third kappa shape index (κ3) is 8.19. The molecule has 2 aromatic heterocycles. The predicted octanol–water partition coefficient (Wildman–Crippen LogP) is 6.62. The van der Waals surface area contributed by atoms with E-state index in [0.29, 0.717) is 26.1 Å². The predicted molar refractivity (Wildman–Crippen MR) is 163 cm³/mol. The van der Waals surface area contributed by atoms with E-state index in [1.807, 2.05) is 21.8 Å². The van der Waals surface area contributed by atoms with E-state index in [9.17, 15) is 8.42 Å². The fraction of sp³-hybridized carbons (Fsp3) is 0.655. The topological polar surface area (TPSA) is 118 Å². The van der Waals surface area contributed by atoms with Crippen molar-refractivity contribution in [3.8, 4) is 17.0 Å². The molecule has 1 aliphatic heterocycles. The fourth-order valence-electron chi connectivity index (χ4n) is 4.66. The minimum atomic E-state index is -3.91. The van der Waals surface area contributed by atoms with Gasteiger partial charge in [0, 0.05) is 37.0 Å². The van der Waals surface area contributed by atoms with Crippen LogP contribution < -0.4 is 4.43 Å². The summed E-state index contributed by atoms with van der Waals surface area (Å²) < 4.78 is 52.9. The zero-order valence-corrected chi connectivity index (χ0v) is 27.1. The third-order valence-corrected chi connectivity index (χ3v) is 13.4. The Hall–Kier alpha value is -2.25. The quantitative estimate of drug-likeness (QED) is 0.131. The molecule has 1 N–H and O–H groups in total. The Morgan fingerprint density at radius 3 is 2.66 bits per heavy atom. The van der Waals surface area contributed by atoms with Crippen LogP contribution in [-0.4, -0.2) is 66.4 Å². The summed E-state index contributed by atoms with van der Waals surface area (Å²) in [5, 5.41) is 10.8. The molecule has 1 aliphatic rings. The lowest BCUT2D eigenvalue weighted by Crippen LogP contribution is -2.43. The molecule has 228 valence electrons. The van der Waals surface area contributed by atoms with E-state index < -0.39 is 18.4 Å². The lowest BCUT2D eigenvalue weighted by atomic mass is 10.1. The van der Waals surface area contributed by atoms with Gasteiger partial charge < -0.3 is 13.9 Å². The van der Waals surface area contributed by atoms with Crippen LogP contribution in [0.25, 0.3) is 22.2 Å². The van der Waals surface area contributed by atoms with Gasteiger partial charge in [0.2, 0.25) is 8.32 Å². The first-order chi connectivity index (χ1) is 19.2. The van der Waals surface area contributed by atoms with Crippen molar-refractivity contribution in [1.29, 1.82) is 0 Å². The number of ether oxygens (including phenoxy) is 2. The van der Waals surface area contributed by atoms with Gasteiger partial charge in [-0.05, 0) is 81.8 Å². The molecule has 10 nitrogen and oxygen atoms in total. The van der Waals surface area contributed by atoms with E-state index >= 15 is 0 Å². The van der Waals surface area contributed by atoms with Crippen molar-refractivity contribution in [2.24, 2.45) is 0 Å². The Labute approximate surface area is 245 Å². The Bertz CT molecular complexity index is 1410. The van der Waals surface area contributed by atoms with Gasteiger partial charge in [0.15, 0.2) is 6.23 Å². The van der Waals surface area contributed by atoms with Crippen LogP contribution in [0.3, 0.4) is 0 Å². The molecule has 1 aromatic carbocycles. The van der Waals surface area contributed by atoms with Crippen molar-refractivity contribution in [2.45, 2.75) is 96.6 Å². The number of rotatable bonds is 13. The van der Waals surface area contributed by atoms with E-state index in [0.717, 1.165) is 60.2 Å². The van der Waals surface area contributed by atoms with Crippen LogP contribution in [0.2, 0.25) is 18.1 Å². The smallest absolute Gasteiger partial charge is 0.264 e. The van der Waals surface area contributed by atoms with Gasteiger partial charge in [-0.1, -0.05) is 20.8 Å². The van der Waals surface area contributed by atoms with Crippen LogP contribution in [0.15, 0.2) is 30.6 Å². The standard InChI is InChI=1S/C29H46N4O6SSi/c1-22(14-17-37-15-9-10-18-40(34,35)36)32-21-23(20-30-32)28-25-19-24(39-41(5,6)29(2,3)4)12-13-26(25)33(31-28)27-11-7-8-16-38-27/h12-13,19-22,27H,7-11,14-18H2,1-6H3,(H,34,35,36)/t22-,27?/m1/s1. The Morgan fingerprint density at radius 2 is 1.98 bits per heavy atom. The Balaban J connectivity index is 1.51. The number of unbranched alkanes of at least 4 members (excludes halogenated alkanes) is 1. The molecule has 1 fully saturated rings. The van der Waals surface area contributed by atoms with Crippen molar-refractivity contribution in [3.05, 3.63) is 30.6 Å². The van der Waals surface area contributed by atoms with Crippen LogP contribution in [0.5, 0.6) is 5.75 Å². The van der Waals surface area contributed by atoms with Crippen molar-refractivity contribution in [3.63, 3.8) is 0 Å². The summed E-state index contributed by atoms with van der Waals surface area (Å²) in [7, 11) is -5.92. The van der Waals surface area contributed by atoms with E-state index in [-0.39, 0.29) is 23.1 Å². The van der Waals surface area contributed by atoms with Gasteiger partial charge >= 0.3 is 0 Å². The van der Waals surface area contributed by atoms with E-state index in [4.69, 9.17) is 23.6 Å². The summed E-state index contributed by atoms with van der Waals surface area (Å²) in [5.41, 5.74) is 2.83. The van der Waals surface area contributed by atoms with E-state index in [2.05, 4.69) is 64.1 Å². The highest BCUT2D eigenvalue weighted by molar-refractivity contribution is 7.85. The maximum atomic E-state index is 10.8. The molecule has 0 bridgehead atoms. The average Bonchev–Trinajstić information content (AvgIpc) is 3.52. The van der Waals surface area contributed by atoms with Gasteiger partial charge in [0.25, 0.3) is 10.1 Å². The first kappa shape index (κ1) is 31.7. The summed E-state index contributed by atoms with van der Waals surface area (Å²) in [6, 6.07) is 6.39. The molecular weight excluding hydrogens is 560 g/mol. The second-order valence-corrected chi connectivity index (χ2v) is 18.9. The summed E-state index contributed by atoms with van der Waals surface area (Å²) in [4.78, 5) is 0. The van der Waals surface area contributed by atoms with Crippen LogP contribution in [0, 0.1) is 0 Å². The zero-order chi connectivity index (χ0) is 29.8. The molecule has 0 saturated carbocycles. The average molecular weight is 607 g/mol. The normalized spacial score (nSPS) is 17.7. The van der Waals surface area contributed by atoms with Crippen LogP contribution in [-0.2, 0) is 19.6 Å². The maximum Gasteiger partial charge on any atom is 0.264 e. The number of aromatic nitrogens is 4. The number of hydrogen-bond acceptors (Lipinski definition) is 7. The van der Waals surface area contributed by atoms with Crippen LogP contribution in [0.4, 0.5) is 0 Å². The van der Waals surface area contributed by atoms with Gasteiger partial charge in [-0.15, -0.1) is 0 Å². The second-order valence-electron chi connectivity index (χ2n) is 12.6. The largest absolute Gasteiger partial charge is 0.543 e. The van der Waals surface area contributed by atoms with Gasteiger partial charge in [0.05, 0.1) is 23.5 Å². The van der Waals surface area contributed by atoms with E-state index in [1.165, 1.54) is 0 Å². The molecule has 0 amide bonds. The summed E-state index contributed by atoms with van der Waals surface area (Å²) in [6.07, 6.45) is 8.66. The van der Waals surface area contributed by atoms with Crippen molar-refractivity contribution in [1.82, 2.24) is 19.6 Å². The van der Waals surface area contributed by atoms with Crippen molar-refractivity contribution < 1.29 is 26.9 Å². The second kappa shape index (κ2) is 12.9. The number of hydrogen-bond donors (Lipinski definition) is 1. The van der Waals surface area contributed by atoms with Gasteiger partial charge in [-0.2, -0.15) is 18.6 Å². The van der Waals surface area contributed by atoms with Gasteiger partial charge in [-0.3, -0.25) is 9.23 Å². The molecule has 1 saturated heterocycles. The fourth-order valence-corrected chi connectivity index (χ4v) is 6.25. The van der Waals surface area contributed by atoms with Crippen molar-refractivity contribution in [2.75, 3.05) is 25.6 Å². The monoisotopic (exact) mass is 606 g/mol. The summed E-state index contributed by atoms with van der Waals surface area (Å²) in [5.74, 6) is 0.633. The summed E-state index contributed by atoms with van der Waals surface area (Å²) >= 11 is 0. The zero-order valence-electron chi connectivity index (χ0n) is 25.3. The molecule has 0 aliphatic carbocycles. The molecule has 2 atom stereocenters. The first-order valence-corrected chi connectivity index (χ1v) is 19.2. The highest BCUT2D eigenvalue weighted by atomic mass is 32.2. The van der Waals surface area contributed by atoms with Gasteiger partial charge in [-0.25, -0.2) is 4.68 Å². The minimum Gasteiger partial charge on any atom is -0.543 e. The molecule has 41 heavy (non-hydrogen) atoms.